The Morgan fingerprint density at radius 2 is 1.73 bits per heavy atom. The van der Waals surface area contributed by atoms with Gasteiger partial charge in [0, 0.05) is 30.9 Å². The molecular weight excluding hydrogens is 584 g/mol. The van der Waals surface area contributed by atoms with Gasteiger partial charge >= 0.3 is 12.1 Å². The van der Waals surface area contributed by atoms with Crippen LogP contribution < -0.4 is 5.32 Å². The molecule has 3 saturated heterocycles. The number of ketones is 2. The Hall–Kier alpha value is -2.38. The van der Waals surface area contributed by atoms with E-state index in [1.807, 2.05) is 25.9 Å². The van der Waals surface area contributed by atoms with E-state index in [9.17, 15) is 24.3 Å². The van der Waals surface area contributed by atoms with E-state index in [0.717, 1.165) is 0 Å². The summed E-state index contributed by atoms with van der Waals surface area (Å²) in [6, 6.07) is -1.07. The molecule has 256 valence electrons. The maximum Gasteiger partial charge on any atom is 0.408 e. The van der Waals surface area contributed by atoms with E-state index in [0.29, 0.717) is 6.42 Å². The van der Waals surface area contributed by atoms with Crippen molar-refractivity contribution in [3.63, 3.8) is 0 Å². The summed E-state index contributed by atoms with van der Waals surface area (Å²) in [6.45, 7) is 16.0. The highest BCUT2D eigenvalue weighted by Crippen LogP contribution is 2.40. The summed E-state index contributed by atoms with van der Waals surface area (Å²) < 4.78 is 30.4. The van der Waals surface area contributed by atoms with Crippen molar-refractivity contribution in [2.75, 3.05) is 21.2 Å². The van der Waals surface area contributed by atoms with Crippen molar-refractivity contribution in [2.45, 2.75) is 128 Å². The van der Waals surface area contributed by atoms with Gasteiger partial charge in [-0.2, -0.15) is 0 Å². The molecule has 1 unspecified atom stereocenters. The van der Waals surface area contributed by atoms with Gasteiger partial charge in [-0.25, -0.2) is 4.79 Å². The van der Waals surface area contributed by atoms with Crippen LogP contribution in [0, 0.1) is 23.7 Å². The lowest BCUT2D eigenvalue weighted by atomic mass is 9.73. The number of carbonyl (C=O) groups is 4. The van der Waals surface area contributed by atoms with Crippen LogP contribution in [0.1, 0.15) is 74.1 Å². The summed E-state index contributed by atoms with van der Waals surface area (Å²) in [7, 11) is 5.20. The van der Waals surface area contributed by atoms with Crippen molar-refractivity contribution in [1.82, 2.24) is 10.2 Å². The zero-order valence-electron chi connectivity index (χ0n) is 28.5. The number of aliphatic hydroxyl groups is 1. The van der Waals surface area contributed by atoms with Gasteiger partial charge in [0.05, 0.1) is 23.9 Å². The summed E-state index contributed by atoms with van der Waals surface area (Å²) >= 11 is 0. The maximum atomic E-state index is 14.3. The third-order valence-electron chi connectivity index (χ3n) is 10.2. The lowest BCUT2D eigenvalue weighted by Gasteiger charge is -2.47. The molecule has 13 atom stereocenters. The SMILES string of the molecule is C=CCC1C(=O)O[C@@H](CC)[C@@]2(C)OC(=O)N[C@@H]2[C@H](C)C(=O)[C@H](C)C[C@](C)(OC)[C@H](O[C@@H]2O[C@H](C)C[C@H](N(C)C)[C@H]2O)[C@@H](C)C1=O. The molecule has 3 heterocycles. The number of fused-ring (bicyclic) bond motifs is 1. The van der Waals surface area contributed by atoms with Crippen molar-refractivity contribution >= 4 is 23.6 Å². The van der Waals surface area contributed by atoms with Gasteiger partial charge in [0.25, 0.3) is 0 Å². The Labute approximate surface area is 267 Å². The van der Waals surface area contributed by atoms with E-state index < -0.39 is 83.4 Å². The van der Waals surface area contributed by atoms with Crippen LogP contribution in [0.2, 0.25) is 0 Å². The standard InChI is InChI=1S/C33H54N2O10/c1-12-14-21-25(37)20(6)28(44-30-26(38)22(35(9)10)15-18(4)42-30)32(7,41-11)16-17(3)24(36)19(5)27-33(8,45-31(40)34-27)23(13-2)43-29(21)39/h12,17-23,26-28,30,38H,1,13-16H2,2-11H3,(H,34,40)/t17-,18-,19-,20+,21?,22+,23+,26-,27-,28-,30+,32+,33-/m1/s1. The third-order valence-corrected chi connectivity index (χ3v) is 10.2. The first kappa shape index (κ1) is 37.1. The van der Waals surface area contributed by atoms with E-state index in [2.05, 4.69) is 11.9 Å². The van der Waals surface area contributed by atoms with Gasteiger partial charge in [0.1, 0.15) is 23.9 Å². The van der Waals surface area contributed by atoms with Crippen LogP contribution in [-0.2, 0) is 38.1 Å². The Morgan fingerprint density at radius 3 is 2.29 bits per heavy atom. The molecule has 3 aliphatic heterocycles. The Balaban J connectivity index is 2.15. The fourth-order valence-electron chi connectivity index (χ4n) is 7.47. The lowest BCUT2D eigenvalue weighted by Crippen LogP contribution is -2.60. The molecular formula is C33H54N2O10. The Morgan fingerprint density at radius 1 is 1.09 bits per heavy atom. The van der Waals surface area contributed by atoms with Gasteiger partial charge in [-0.1, -0.05) is 33.8 Å². The van der Waals surface area contributed by atoms with Gasteiger partial charge < -0.3 is 39.0 Å². The average Bonchev–Trinajstić information content (AvgIpc) is 3.30. The summed E-state index contributed by atoms with van der Waals surface area (Å²) in [4.78, 5) is 56.5. The number of hydrogen-bond acceptors (Lipinski definition) is 11. The number of hydrogen-bond donors (Lipinski definition) is 2. The number of methoxy groups -OCH3 is 1. The first-order valence-corrected chi connectivity index (χ1v) is 16.0. The van der Waals surface area contributed by atoms with E-state index in [1.54, 1.807) is 41.5 Å². The molecule has 3 rings (SSSR count). The highest BCUT2D eigenvalue weighted by molar-refractivity contribution is 6.00. The number of esters is 1. The van der Waals surface area contributed by atoms with Gasteiger partial charge in [0.2, 0.25) is 0 Å². The molecule has 0 aromatic heterocycles. The fourth-order valence-corrected chi connectivity index (χ4v) is 7.47. The van der Waals surface area contributed by atoms with Gasteiger partial charge in [0.15, 0.2) is 17.7 Å². The number of nitrogens with one attached hydrogen (secondary N) is 1. The van der Waals surface area contributed by atoms with Crippen LogP contribution in [0.15, 0.2) is 12.7 Å². The van der Waals surface area contributed by atoms with Crippen LogP contribution in [0.4, 0.5) is 4.79 Å². The number of likely N-dealkylation sites (N-methyl/N-ethyl adjacent to an activating group) is 1. The number of amides is 1. The largest absolute Gasteiger partial charge is 0.457 e. The zero-order chi connectivity index (χ0) is 34.0. The zero-order valence-corrected chi connectivity index (χ0v) is 28.5. The van der Waals surface area contributed by atoms with E-state index in [-0.39, 0.29) is 37.2 Å². The number of allylic oxidation sites excluding steroid dienone is 1. The Bertz CT molecular complexity index is 1120. The highest BCUT2D eigenvalue weighted by atomic mass is 16.7. The third kappa shape index (κ3) is 7.45. The number of ether oxygens (including phenoxy) is 5. The van der Waals surface area contributed by atoms with Crippen LogP contribution in [-0.4, -0.2) is 109 Å². The summed E-state index contributed by atoms with van der Waals surface area (Å²) in [5, 5.41) is 14.1. The van der Waals surface area contributed by atoms with Crippen molar-refractivity contribution < 1.29 is 48.0 Å². The molecule has 3 aliphatic rings. The summed E-state index contributed by atoms with van der Waals surface area (Å²) in [5.41, 5.74) is -2.61. The molecule has 0 aromatic rings. The minimum Gasteiger partial charge on any atom is -0.457 e. The smallest absolute Gasteiger partial charge is 0.408 e. The second kappa shape index (κ2) is 14.6. The molecule has 0 aromatic carbocycles. The van der Waals surface area contributed by atoms with Crippen molar-refractivity contribution in [3.05, 3.63) is 12.7 Å². The maximum absolute atomic E-state index is 14.3. The van der Waals surface area contributed by atoms with Gasteiger partial charge in [-0.15, -0.1) is 6.58 Å². The van der Waals surface area contributed by atoms with Crippen molar-refractivity contribution in [1.29, 1.82) is 0 Å². The van der Waals surface area contributed by atoms with Crippen LogP contribution >= 0.6 is 0 Å². The van der Waals surface area contributed by atoms with Crippen LogP contribution in [0.5, 0.6) is 0 Å². The highest BCUT2D eigenvalue weighted by Gasteiger charge is 2.57. The summed E-state index contributed by atoms with van der Waals surface area (Å²) in [6.07, 6.45) is -2.65. The van der Waals surface area contributed by atoms with Gasteiger partial charge in [-0.05, 0) is 60.5 Å². The topological polar surface area (TPSA) is 150 Å². The molecule has 0 saturated carbocycles. The van der Waals surface area contributed by atoms with E-state index in [4.69, 9.17) is 23.7 Å². The molecule has 45 heavy (non-hydrogen) atoms. The number of Topliss-reactive ketones (excluding diaryl/α,β-unsaturated/α-hetero) is 2. The average molecular weight is 639 g/mol. The molecule has 0 bridgehead atoms. The van der Waals surface area contributed by atoms with E-state index in [1.165, 1.54) is 13.2 Å². The lowest BCUT2D eigenvalue weighted by molar-refractivity contribution is -0.295. The van der Waals surface area contributed by atoms with Crippen LogP contribution in [0.3, 0.4) is 0 Å². The molecule has 0 aliphatic carbocycles. The normalized spacial score (nSPS) is 43.6. The molecule has 1 amide bonds. The second-order valence-corrected chi connectivity index (χ2v) is 13.7. The molecule has 0 spiro atoms. The number of aliphatic hydroxyl groups excluding tert-OH is 1. The summed E-state index contributed by atoms with van der Waals surface area (Å²) in [5.74, 6) is -4.97. The minimum atomic E-state index is -1.36. The monoisotopic (exact) mass is 638 g/mol. The minimum absolute atomic E-state index is 0.000616. The quantitative estimate of drug-likeness (QED) is 0.241. The molecule has 0 radical (unpaired) electrons. The fraction of sp³-hybridized carbons (Fsp3) is 0.818. The second-order valence-electron chi connectivity index (χ2n) is 13.7. The van der Waals surface area contributed by atoms with Crippen LogP contribution in [0.25, 0.3) is 0 Å². The predicted molar refractivity (Wildman–Crippen MR) is 165 cm³/mol. The number of alkyl carbamates (subject to hydrolysis) is 1. The van der Waals surface area contributed by atoms with Crippen molar-refractivity contribution in [3.8, 4) is 0 Å². The predicted octanol–water partition coefficient (Wildman–Crippen LogP) is 3.03. The first-order valence-electron chi connectivity index (χ1n) is 16.0. The van der Waals surface area contributed by atoms with Crippen molar-refractivity contribution in [2.24, 2.45) is 23.7 Å². The number of rotatable bonds is 7. The Kier molecular flexibility index (Phi) is 12.0. The molecule has 12 nitrogen and oxygen atoms in total. The number of cyclic esters (lactones) is 1. The first-order chi connectivity index (χ1) is 20.9. The molecule has 3 fully saturated rings. The molecule has 12 heteroatoms. The van der Waals surface area contributed by atoms with Gasteiger partial charge in [-0.3, -0.25) is 14.4 Å². The molecule has 2 N–H and O–H groups in total. The number of nitrogens with zero attached hydrogens (tertiary/aromatic N) is 1. The number of carbonyl (C=O) groups excluding carboxylic acids is 4. The van der Waals surface area contributed by atoms with E-state index >= 15 is 0 Å².